The minimum Gasteiger partial charge on any atom is -0.399 e. The number of nitrogen functional groups attached to an aromatic ring is 1. The molecular weight excluding hydrogens is 488 g/mol. The number of halogens is 3. The highest BCUT2D eigenvalue weighted by Crippen LogP contribution is 2.36. The van der Waals surface area contributed by atoms with E-state index in [-0.39, 0.29) is 4.90 Å². The van der Waals surface area contributed by atoms with Crippen LogP contribution < -0.4 is 10.5 Å². The zero-order chi connectivity index (χ0) is 15.8. The molecule has 0 bridgehead atoms. The predicted molar refractivity (Wildman–Crippen MR) is 95.9 cm³/mol. The summed E-state index contributed by atoms with van der Waals surface area (Å²) in [5.41, 5.74) is 7.21. The lowest BCUT2D eigenvalue weighted by atomic mass is 10.2. The summed E-state index contributed by atoms with van der Waals surface area (Å²) in [5, 5.41) is 0. The lowest BCUT2D eigenvalue weighted by molar-refractivity contribution is 0.600. The summed E-state index contributed by atoms with van der Waals surface area (Å²) in [4.78, 5) is 0.193. The van der Waals surface area contributed by atoms with Crippen molar-refractivity contribution in [2.45, 2.75) is 11.8 Å². The van der Waals surface area contributed by atoms with Crippen LogP contribution in [0.15, 0.2) is 48.6 Å². The molecule has 112 valence electrons. The maximum atomic E-state index is 12.5. The van der Waals surface area contributed by atoms with E-state index in [1.54, 1.807) is 31.2 Å². The summed E-state index contributed by atoms with van der Waals surface area (Å²) >= 11 is 10.0. The van der Waals surface area contributed by atoms with Crippen LogP contribution in [0, 0.1) is 6.92 Å². The summed E-state index contributed by atoms with van der Waals surface area (Å²) in [5.74, 6) is 0. The fourth-order valence-corrected chi connectivity index (χ4v) is 5.85. The second kappa shape index (κ2) is 6.28. The van der Waals surface area contributed by atoms with E-state index in [4.69, 9.17) is 5.73 Å². The second-order valence-electron chi connectivity index (χ2n) is 4.37. The van der Waals surface area contributed by atoms with Crippen molar-refractivity contribution in [2.75, 3.05) is 10.5 Å². The molecule has 2 aromatic rings. The predicted octanol–water partition coefficient (Wildman–Crippen LogP) is 4.67. The number of hydrogen-bond acceptors (Lipinski definition) is 3. The van der Waals surface area contributed by atoms with Crippen molar-refractivity contribution in [3.8, 4) is 0 Å². The van der Waals surface area contributed by atoms with E-state index in [1.807, 2.05) is 0 Å². The Labute approximate surface area is 148 Å². The summed E-state index contributed by atoms with van der Waals surface area (Å²) in [6, 6.07) is 8.21. The van der Waals surface area contributed by atoms with Crippen LogP contribution in [0.2, 0.25) is 0 Å². The van der Waals surface area contributed by atoms with Gasteiger partial charge in [0.25, 0.3) is 10.0 Å². The molecule has 0 atom stereocenters. The molecule has 2 rings (SSSR count). The molecule has 0 radical (unpaired) electrons. The Morgan fingerprint density at radius 3 is 2.14 bits per heavy atom. The van der Waals surface area contributed by atoms with Gasteiger partial charge in [0.05, 0.1) is 10.6 Å². The van der Waals surface area contributed by atoms with Crippen LogP contribution in [0.5, 0.6) is 0 Å². The first-order valence-corrected chi connectivity index (χ1v) is 9.60. The van der Waals surface area contributed by atoms with Crippen LogP contribution in [-0.2, 0) is 10.0 Å². The fourth-order valence-electron chi connectivity index (χ4n) is 1.80. The Bertz CT molecular complexity index is 784. The maximum Gasteiger partial charge on any atom is 0.262 e. The minimum absolute atomic E-state index is 0.193. The van der Waals surface area contributed by atoms with E-state index in [9.17, 15) is 8.42 Å². The molecule has 4 nitrogen and oxygen atoms in total. The average molecular weight is 499 g/mol. The second-order valence-corrected chi connectivity index (χ2v) is 8.65. The van der Waals surface area contributed by atoms with Gasteiger partial charge in [-0.2, -0.15) is 0 Å². The standard InChI is InChI=1S/C13H11Br3N2O2S/c1-7-4-9(17)2-3-12(7)21(19,20)18-13-10(15)5-8(14)6-11(13)16/h2-6,18H,17H2,1H3. The summed E-state index contributed by atoms with van der Waals surface area (Å²) in [7, 11) is -3.70. The SMILES string of the molecule is Cc1cc(N)ccc1S(=O)(=O)Nc1c(Br)cc(Br)cc1Br. The van der Waals surface area contributed by atoms with Gasteiger partial charge in [0.15, 0.2) is 0 Å². The molecule has 2 aromatic carbocycles. The van der Waals surface area contributed by atoms with Crippen LogP contribution in [0.1, 0.15) is 5.56 Å². The number of nitrogens with two attached hydrogens (primary N) is 1. The zero-order valence-corrected chi connectivity index (χ0v) is 16.4. The lowest BCUT2D eigenvalue weighted by Gasteiger charge is -2.14. The molecule has 0 aromatic heterocycles. The summed E-state index contributed by atoms with van der Waals surface area (Å²) in [6.45, 7) is 1.70. The van der Waals surface area contributed by atoms with Crippen molar-refractivity contribution >= 4 is 69.2 Å². The Kier molecular flexibility index (Phi) is 5.02. The van der Waals surface area contributed by atoms with E-state index < -0.39 is 10.0 Å². The van der Waals surface area contributed by atoms with Gasteiger partial charge < -0.3 is 5.73 Å². The molecular formula is C13H11Br3N2O2S. The van der Waals surface area contributed by atoms with Crippen LogP contribution in [0.3, 0.4) is 0 Å². The van der Waals surface area contributed by atoms with Crippen molar-refractivity contribution in [3.05, 3.63) is 49.3 Å². The zero-order valence-electron chi connectivity index (χ0n) is 10.8. The normalized spacial score (nSPS) is 11.4. The largest absolute Gasteiger partial charge is 0.399 e. The number of aryl methyl sites for hydroxylation is 1. The number of hydrogen-bond donors (Lipinski definition) is 2. The first-order chi connectivity index (χ1) is 9.70. The Morgan fingerprint density at radius 2 is 1.62 bits per heavy atom. The molecule has 0 fully saturated rings. The molecule has 0 aliphatic carbocycles. The van der Waals surface area contributed by atoms with Crippen molar-refractivity contribution in [2.24, 2.45) is 0 Å². The summed E-state index contributed by atoms with van der Waals surface area (Å²) in [6.07, 6.45) is 0. The maximum absolute atomic E-state index is 12.5. The Morgan fingerprint density at radius 1 is 1.05 bits per heavy atom. The number of nitrogens with one attached hydrogen (secondary N) is 1. The molecule has 0 saturated heterocycles. The van der Waals surface area contributed by atoms with E-state index >= 15 is 0 Å². The van der Waals surface area contributed by atoms with Gasteiger partial charge in [0, 0.05) is 19.1 Å². The van der Waals surface area contributed by atoms with E-state index in [0.29, 0.717) is 25.9 Å². The number of anilines is 2. The van der Waals surface area contributed by atoms with Crippen molar-refractivity contribution < 1.29 is 8.42 Å². The molecule has 3 N–H and O–H groups in total. The first kappa shape index (κ1) is 16.8. The molecule has 0 spiro atoms. The molecule has 0 unspecified atom stereocenters. The number of rotatable bonds is 3. The molecule has 21 heavy (non-hydrogen) atoms. The lowest BCUT2D eigenvalue weighted by Crippen LogP contribution is -2.15. The van der Waals surface area contributed by atoms with E-state index in [2.05, 4.69) is 52.5 Å². The van der Waals surface area contributed by atoms with Crippen molar-refractivity contribution in [3.63, 3.8) is 0 Å². The van der Waals surface area contributed by atoms with Crippen molar-refractivity contribution in [1.29, 1.82) is 0 Å². The van der Waals surface area contributed by atoms with Gasteiger partial charge in [-0.05, 0) is 74.7 Å². The van der Waals surface area contributed by atoms with Crippen LogP contribution >= 0.6 is 47.8 Å². The van der Waals surface area contributed by atoms with Gasteiger partial charge in [-0.15, -0.1) is 0 Å². The molecule has 0 amide bonds. The van der Waals surface area contributed by atoms with E-state index in [0.717, 1.165) is 4.47 Å². The van der Waals surface area contributed by atoms with Gasteiger partial charge in [-0.25, -0.2) is 8.42 Å². The molecule has 0 heterocycles. The summed E-state index contributed by atoms with van der Waals surface area (Å²) < 4.78 is 29.7. The van der Waals surface area contributed by atoms with Gasteiger partial charge in [0.2, 0.25) is 0 Å². The van der Waals surface area contributed by atoms with Crippen LogP contribution in [0.4, 0.5) is 11.4 Å². The number of sulfonamides is 1. The van der Waals surface area contributed by atoms with Gasteiger partial charge in [-0.3, -0.25) is 4.72 Å². The highest BCUT2D eigenvalue weighted by Gasteiger charge is 2.20. The third-order valence-corrected chi connectivity index (χ3v) is 5.95. The van der Waals surface area contributed by atoms with Crippen molar-refractivity contribution in [1.82, 2.24) is 0 Å². The number of benzene rings is 2. The highest BCUT2D eigenvalue weighted by atomic mass is 79.9. The monoisotopic (exact) mass is 496 g/mol. The third-order valence-electron chi connectivity index (χ3n) is 2.73. The van der Waals surface area contributed by atoms with Gasteiger partial charge >= 0.3 is 0 Å². The fraction of sp³-hybridized carbons (Fsp3) is 0.0769. The Hall–Kier alpha value is -0.570. The average Bonchev–Trinajstić information content (AvgIpc) is 2.33. The first-order valence-electron chi connectivity index (χ1n) is 5.74. The van der Waals surface area contributed by atoms with Crippen LogP contribution in [0.25, 0.3) is 0 Å². The van der Waals surface area contributed by atoms with E-state index in [1.165, 1.54) is 6.07 Å². The third kappa shape index (κ3) is 3.80. The highest BCUT2D eigenvalue weighted by molar-refractivity contribution is 9.11. The molecule has 0 aliphatic rings. The minimum atomic E-state index is -3.70. The van der Waals surface area contributed by atoms with Gasteiger partial charge in [-0.1, -0.05) is 15.9 Å². The van der Waals surface area contributed by atoms with Crippen LogP contribution in [-0.4, -0.2) is 8.42 Å². The molecule has 0 saturated carbocycles. The quantitative estimate of drug-likeness (QED) is 0.604. The topological polar surface area (TPSA) is 72.2 Å². The smallest absolute Gasteiger partial charge is 0.262 e. The molecule has 8 heteroatoms. The van der Waals surface area contributed by atoms with Gasteiger partial charge in [0.1, 0.15) is 0 Å². The molecule has 0 aliphatic heterocycles. The Balaban J connectivity index is 2.47.